The fraction of sp³-hybridized carbons (Fsp3) is 0.463. The molecule has 0 bridgehead atoms. The molecule has 0 nitrogen and oxygen atoms in total. The molecule has 0 fully saturated rings. The molecule has 2 aliphatic carbocycles. The molecule has 2 aliphatic rings. The van der Waals surface area contributed by atoms with Gasteiger partial charge in [-0.1, -0.05) is 270 Å². The molecule has 0 heteroatoms. The fourth-order valence-corrected chi connectivity index (χ4v) is 11.3. The van der Waals surface area contributed by atoms with Crippen molar-refractivity contribution in [2.45, 2.75) is 250 Å². The van der Waals surface area contributed by atoms with Crippen LogP contribution in [0.5, 0.6) is 0 Å². The molecule has 0 atom stereocenters. The van der Waals surface area contributed by atoms with Crippen LogP contribution in [0.3, 0.4) is 0 Å². The molecule has 440 valence electrons. The molecule has 8 aromatic carbocycles. The van der Waals surface area contributed by atoms with Gasteiger partial charge >= 0.3 is 0 Å². The summed E-state index contributed by atoms with van der Waals surface area (Å²) < 4.78 is 0. The first-order valence-corrected chi connectivity index (χ1v) is 31.3. The SMILES string of the molecule is CC(C)(C)c1ccc2c(c1)CCCC2.CC(C)(C)c1cccc2c1CCCC2.CC(C)(C)c1cccc2ccccc12.Cc1cc(C(C)(C)C)cc(C)c1C.Cc1ccc(C(C)(C)C)c2ccccc12.Cc1ccc(C(C)(C)C)cc1C. The summed E-state index contributed by atoms with van der Waals surface area (Å²) in [6, 6.07) is 53.5. The minimum absolute atomic E-state index is 0.216. The van der Waals surface area contributed by atoms with Gasteiger partial charge in [-0.25, -0.2) is 0 Å². The van der Waals surface area contributed by atoms with Crippen molar-refractivity contribution in [1.29, 1.82) is 0 Å². The van der Waals surface area contributed by atoms with Crippen molar-refractivity contribution >= 4 is 21.5 Å². The number of rotatable bonds is 0. The van der Waals surface area contributed by atoms with E-state index in [9.17, 15) is 0 Å². The Balaban J connectivity index is 0.000000181. The van der Waals surface area contributed by atoms with Gasteiger partial charge in [0.2, 0.25) is 0 Å². The highest BCUT2D eigenvalue weighted by atomic mass is 14.3. The van der Waals surface area contributed by atoms with E-state index in [1.165, 1.54) is 134 Å². The quantitative estimate of drug-likeness (QED) is 0.142. The van der Waals surface area contributed by atoms with E-state index in [2.05, 4.69) is 312 Å². The number of fused-ring (bicyclic) bond motifs is 4. The Morgan fingerprint density at radius 3 is 1.22 bits per heavy atom. The molecule has 0 saturated heterocycles. The molecule has 0 radical (unpaired) electrons. The van der Waals surface area contributed by atoms with E-state index in [1.54, 1.807) is 27.8 Å². The Morgan fingerprint density at radius 1 is 0.256 bits per heavy atom. The lowest BCUT2D eigenvalue weighted by molar-refractivity contribution is 0.568. The maximum Gasteiger partial charge on any atom is -0.0126 e. The van der Waals surface area contributed by atoms with E-state index in [1.807, 2.05) is 0 Å². The lowest BCUT2D eigenvalue weighted by Gasteiger charge is -2.27. The lowest BCUT2D eigenvalue weighted by atomic mass is 9.78. The first-order chi connectivity index (χ1) is 38.0. The summed E-state index contributed by atoms with van der Waals surface area (Å²) in [5.74, 6) is 0. The molecule has 0 aliphatic heterocycles. The average Bonchev–Trinajstić information content (AvgIpc) is 3.60. The summed E-state index contributed by atoms with van der Waals surface area (Å²) in [7, 11) is 0. The molecule has 0 spiro atoms. The zero-order chi connectivity index (χ0) is 61.2. The third-order valence-electron chi connectivity index (χ3n) is 17.1. The van der Waals surface area contributed by atoms with Crippen LogP contribution in [0.2, 0.25) is 0 Å². The summed E-state index contributed by atoms with van der Waals surface area (Å²) >= 11 is 0. The second-order valence-corrected chi connectivity index (χ2v) is 30.4. The molecule has 0 N–H and O–H groups in total. The van der Waals surface area contributed by atoms with Crippen LogP contribution in [-0.4, -0.2) is 0 Å². The molecule has 0 heterocycles. The van der Waals surface area contributed by atoms with Gasteiger partial charge in [-0.2, -0.15) is 0 Å². The smallest absolute Gasteiger partial charge is 0.0126 e. The van der Waals surface area contributed by atoms with Gasteiger partial charge in [0.15, 0.2) is 0 Å². The summed E-state index contributed by atoms with van der Waals surface area (Å²) in [6.07, 6.45) is 10.7. The van der Waals surface area contributed by atoms with E-state index in [0.29, 0.717) is 10.8 Å². The number of hydrogen-bond donors (Lipinski definition) is 0. The van der Waals surface area contributed by atoms with Gasteiger partial charge < -0.3 is 0 Å². The zero-order valence-corrected chi connectivity index (χ0v) is 56.5. The molecule has 8 aromatic rings. The van der Waals surface area contributed by atoms with Crippen LogP contribution in [-0.2, 0) is 58.2 Å². The average molecular weight is 1100 g/mol. The van der Waals surface area contributed by atoms with Crippen molar-refractivity contribution in [3.63, 3.8) is 0 Å². The first-order valence-electron chi connectivity index (χ1n) is 31.3. The Hall–Kier alpha value is -5.72. The van der Waals surface area contributed by atoms with Crippen LogP contribution in [0.25, 0.3) is 21.5 Å². The molecule has 10 rings (SSSR count). The summed E-state index contributed by atoms with van der Waals surface area (Å²) in [5, 5.41) is 5.48. The Morgan fingerprint density at radius 2 is 0.671 bits per heavy atom. The predicted octanol–water partition coefficient (Wildman–Crippen LogP) is 23.8. The third-order valence-corrected chi connectivity index (χ3v) is 17.1. The van der Waals surface area contributed by atoms with Crippen LogP contribution in [0, 0.1) is 41.5 Å². The maximum atomic E-state index is 2.43. The van der Waals surface area contributed by atoms with Crippen LogP contribution in [0.1, 0.15) is 239 Å². The molecule has 0 unspecified atom stereocenters. The monoisotopic (exact) mass is 1100 g/mol. The largest absolute Gasteiger partial charge is 0.0617 e. The highest BCUT2D eigenvalue weighted by Crippen LogP contribution is 2.35. The fourth-order valence-electron chi connectivity index (χ4n) is 11.3. The second-order valence-electron chi connectivity index (χ2n) is 30.4. The molecule has 0 aromatic heterocycles. The van der Waals surface area contributed by atoms with E-state index < -0.39 is 0 Å². The molecular weight excluding hydrogens is 985 g/mol. The van der Waals surface area contributed by atoms with Crippen LogP contribution in [0.4, 0.5) is 0 Å². The topological polar surface area (TPSA) is 0 Å². The molecular formula is C82H112. The molecule has 82 heavy (non-hydrogen) atoms. The summed E-state index contributed by atoms with van der Waals surface area (Å²) in [4.78, 5) is 0. The van der Waals surface area contributed by atoms with Gasteiger partial charge in [0.05, 0.1) is 0 Å². The second kappa shape index (κ2) is 27.8. The number of benzene rings is 8. The van der Waals surface area contributed by atoms with Gasteiger partial charge in [0.25, 0.3) is 0 Å². The van der Waals surface area contributed by atoms with Gasteiger partial charge in [-0.3, -0.25) is 0 Å². The van der Waals surface area contributed by atoms with Crippen molar-refractivity contribution in [3.05, 3.63) is 235 Å². The van der Waals surface area contributed by atoms with Crippen LogP contribution >= 0.6 is 0 Å². The predicted molar refractivity (Wildman–Crippen MR) is 368 cm³/mol. The Kier molecular flexibility index (Phi) is 22.7. The first kappa shape index (κ1) is 67.1. The summed E-state index contributed by atoms with van der Waals surface area (Å²) in [5.41, 5.74) is 25.2. The third kappa shape index (κ3) is 18.9. The molecule has 0 saturated carbocycles. The Bertz CT molecular complexity index is 3310. The van der Waals surface area contributed by atoms with Crippen molar-refractivity contribution in [1.82, 2.24) is 0 Å². The van der Waals surface area contributed by atoms with Crippen LogP contribution in [0.15, 0.2) is 146 Å². The minimum Gasteiger partial charge on any atom is -0.0617 e. The lowest BCUT2D eigenvalue weighted by Crippen LogP contribution is -2.17. The van der Waals surface area contributed by atoms with Crippen LogP contribution < -0.4 is 0 Å². The molecule has 0 amide bonds. The van der Waals surface area contributed by atoms with Crippen molar-refractivity contribution in [2.24, 2.45) is 0 Å². The standard InChI is InChI=1S/C15H18.C14H20.C14H16.C14H20.C13H20.C12H18/c1-11-9-10-14(15(2,3)4)13-8-6-5-7-12(11)13;2*1-14(2,3)13-10-6-8-11-7-4-5-9-12(11)13;1-14(2,3)13-9-8-11-6-4-5-7-12(11)10-13;1-9-7-12(13(4,5)6)8-10(2)11(9)3;1-9-6-7-11(8-10(9)2)12(3,4)5/h5-10H,1-4H3;6,8,10H,4-5,7,9H2,1-3H3;4-10H,1-3H3;8-10H,4-7H2,1-3H3;7-8H,1-6H3;6-8H,1-5H3. The van der Waals surface area contributed by atoms with Crippen molar-refractivity contribution in [2.75, 3.05) is 0 Å². The highest BCUT2D eigenvalue weighted by Gasteiger charge is 2.23. The number of aryl methyl sites for hydroxylation is 8. The van der Waals surface area contributed by atoms with Crippen molar-refractivity contribution < 1.29 is 0 Å². The van der Waals surface area contributed by atoms with Crippen molar-refractivity contribution in [3.8, 4) is 0 Å². The van der Waals surface area contributed by atoms with E-state index >= 15 is 0 Å². The number of hydrogen-bond acceptors (Lipinski definition) is 0. The highest BCUT2D eigenvalue weighted by molar-refractivity contribution is 5.89. The normalized spacial score (nSPS) is 13.5. The zero-order valence-electron chi connectivity index (χ0n) is 56.5. The Labute approximate surface area is 503 Å². The maximum absolute atomic E-state index is 2.43. The minimum atomic E-state index is 0.216. The van der Waals surface area contributed by atoms with E-state index in [-0.39, 0.29) is 21.7 Å². The van der Waals surface area contributed by atoms with Gasteiger partial charge in [-0.05, 0) is 236 Å². The van der Waals surface area contributed by atoms with Gasteiger partial charge in [0.1, 0.15) is 0 Å². The van der Waals surface area contributed by atoms with E-state index in [4.69, 9.17) is 0 Å². The van der Waals surface area contributed by atoms with E-state index in [0.717, 1.165) is 0 Å². The van der Waals surface area contributed by atoms with Gasteiger partial charge in [0, 0.05) is 0 Å². The van der Waals surface area contributed by atoms with Gasteiger partial charge in [-0.15, -0.1) is 0 Å². The summed E-state index contributed by atoms with van der Waals surface area (Å²) in [6.45, 7) is 54.0.